The Balaban J connectivity index is 1.44. The second-order valence-corrected chi connectivity index (χ2v) is 10.5. The van der Waals surface area contributed by atoms with Gasteiger partial charge in [0.15, 0.2) is 11.5 Å². The van der Waals surface area contributed by atoms with Gasteiger partial charge in [-0.1, -0.05) is 55.1 Å². The van der Waals surface area contributed by atoms with E-state index in [-0.39, 0.29) is 31.8 Å². The molecule has 2 heterocycles. The maximum absolute atomic E-state index is 13.9. The smallest absolute Gasteiger partial charge is 0.332 e. The highest BCUT2D eigenvalue weighted by molar-refractivity contribution is 6.31. The number of fused-ring (bicyclic) bond motifs is 2. The van der Waals surface area contributed by atoms with Crippen molar-refractivity contribution in [3.8, 4) is 11.5 Å². The van der Waals surface area contributed by atoms with Crippen LogP contribution in [0.25, 0.3) is 10.9 Å². The lowest BCUT2D eigenvalue weighted by molar-refractivity contribution is 0.0928. The van der Waals surface area contributed by atoms with Gasteiger partial charge in [0.25, 0.3) is 11.5 Å². The second-order valence-electron chi connectivity index (χ2n) is 10.1. The van der Waals surface area contributed by atoms with Crippen molar-refractivity contribution in [1.29, 1.82) is 0 Å². The molecule has 1 saturated carbocycles. The Kier molecular flexibility index (Phi) is 6.87. The average Bonchev–Trinajstić information content (AvgIpc) is 3.42. The van der Waals surface area contributed by atoms with E-state index < -0.39 is 11.2 Å². The van der Waals surface area contributed by atoms with E-state index in [1.165, 1.54) is 15.6 Å². The molecule has 0 bridgehead atoms. The third-order valence-corrected chi connectivity index (χ3v) is 7.86. The summed E-state index contributed by atoms with van der Waals surface area (Å²) in [5.41, 5.74) is 1.34. The fourth-order valence-electron chi connectivity index (χ4n) is 5.38. The summed E-state index contributed by atoms with van der Waals surface area (Å²) >= 11 is 6.45. The predicted molar refractivity (Wildman–Crippen MR) is 149 cm³/mol. The number of benzene rings is 3. The van der Waals surface area contributed by atoms with Crippen molar-refractivity contribution < 1.29 is 14.3 Å². The summed E-state index contributed by atoms with van der Waals surface area (Å²) in [6.07, 6.45) is 5.31. The van der Waals surface area contributed by atoms with Gasteiger partial charge in [-0.05, 0) is 60.4 Å². The minimum Gasteiger partial charge on any atom is -0.454 e. The monoisotopic (exact) mass is 545 g/mol. The van der Waals surface area contributed by atoms with Crippen LogP contribution in [-0.2, 0) is 13.1 Å². The molecule has 200 valence electrons. The van der Waals surface area contributed by atoms with E-state index in [1.54, 1.807) is 42.5 Å². The van der Waals surface area contributed by atoms with Crippen molar-refractivity contribution in [3.63, 3.8) is 0 Å². The van der Waals surface area contributed by atoms with Gasteiger partial charge in [0.1, 0.15) is 0 Å². The van der Waals surface area contributed by atoms with Crippen LogP contribution in [0.15, 0.2) is 70.3 Å². The number of carbonyl (C=O) groups excluding carboxylic acids is 1. The summed E-state index contributed by atoms with van der Waals surface area (Å²) in [7, 11) is 0. The van der Waals surface area contributed by atoms with Gasteiger partial charge in [-0.3, -0.25) is 18.7 Å². The Bertz CT molecular complexity index is 1690. The molecule has 0 atom stereocenters. The van der Waals surface area contributed by atoms with Crippen LogP contribution in [0.3, 0.4) is 0 Å². The maximum Gasteiger partial charge on any atom is 0.332 e. The molecule has 2 aliphatic rings. The predicted octanol–water partition coefficient (Wildman–Crippen LogP) is 4.70. The van der Waals surface area contributed by atoms with Crippen molar-refractivity contribution in [1.82, 2.24) is 14.5 Å². The van der Waals surface area contributed by atoms with Crippen LogP contribution in [0, 0.1) is 0 Å². The van der Waals surface area contributed by atoms with Crippen molar-refractivity contribution in [2.75, 3.05) is 6.79 Å². The third kappa shape index (κ3) is 5.04. The fraction of sp³-hybridized carbons (Fsp3) is 0.300. The van der Waals surface area contributed by atoms with Crippen molar-refractivity contribution >= 4 is 28.4 Å². The van der Waals surface area contributed by atoms with E-state index in [0.29, 0.717) is 33.0 Å². The number of hydrogen-bond acceptors (Lipinski definition) is 5. The zero-order valence-corrected chi connectivity index (χ0v) is 22.1. The molecule has 1 aromatic heterocycles. The number of carbonyl (C=O) groups is 1. The summed E-state index contributed by atoms with van der Waals surface area (Å²) in [6.45, 7) is 0.330. The van der Waals surface area contributed by atoms with E-state index >= 15 is 0 Å². The van der Waals surface area contributed by atoms with Crippen LogP contribution >= 0.6 is 11.6 Å². The van der Waals surface area contributed by atoms with Gasteiger partial charge in [0.05, 0.1) is 24.0 Å². The Morgan fingerprint density at radius 3 is 2.51 bits per heavy atom. The van der Waals surface area contributed by atoms with Crippen LogP contribution in [-0.4, -0.2) is 27.9 Å². The van der Waals surface area contributed by atoms with E-state index in [1.807, 2.05) is 18.2 Å². The van der Waals surface area contributed by atoms with E-state index in [0.717, 1.165) is 36.8 Å². The van der Waals surface area contributed by atoms with E-state index in [9.17, 15) is 14.4 Å². The lowest BCUT2D eigenvalue weighted by atomic mass is 9.95. The second kappa shape index (κ2) is 10.6. The first kappa shape index (κ1) is 25.2. The molecule has 9 heteroatoms. The number of ether oxygens (including phenoxy) is 2. The van der Waals surface area contributed by atoms with Gasteiger partial charge in [0, 0.05) is 16.6 Å². The Labute approximate surface area is 229 Å². The highest BCUT2D eigenvalue weighted by Crippen LogP contribution is 2.32. The number of hydrogen-bond donors (Lipinski definition) is 1. The summed E-state index contributed by atoms with van der Waals surface area (Å²) in [6, 6.07) is 17.7. The maximum atomic E-state index is 13.9. The average molecular weight is 546 g/mol. The van der Waals surface area contributed by atoms with Crippen LogP contribution in [0.1, 0.15) is 53.6 Å². The lowest BCUT2D eigenvalue weighted by Gasteiger charge is -2.23. The van der Waals surface area contributed by atoms with Gasteiger partial charge in [-0.15, -0.1) is 0 Å². The lowest BCUT2D eigenvalue weighted by Crippen LogP contribution is -2.41. The van der Waals surface area contributed by atoms with Gasteiger partial charge < -0.3 is 14.8 Å². The number of nitrogens with zero attached hydrogens (tertiary/aromatic N) is 2. The number of aromatic nitrogens is 2. The molecule has 0 radical (unpaired) electrons. The number of amides is 1. The van der Waals surface area contributed by atoms with Gasteiger partial charge in [-0.25, -0.2) is 4.79 Å². The first-order valence-electron chi connectivity index (χ1n) is 13.2. The summed E-state index contributed by atoms with van der Waals surface area (Å²) in [4.78, 5) is 40.6. The fourth-order valence-corrected chi connectivity index (χ4v) is 5.58. The Morgan fingerprint density at radius 2 is 1.69 bits per heavy atom. The zero-order valence-electron chi connectivity index (χ0n) is 21.3. The molecule has 4 aromatic rings. The number of halogens is 1. The molecule has 6 rings (SSSR count). The molecule has 0 spiro atoms. The molecule has 1 aliphatic carbocycles. The molecule has 0 unspecified atom stereocenters. The number of nitrogens with one attached hydrogen (secondary N) is 1. The number of rotatable bonds is 6. The van der Waals surface area contributed by atoms with Crippen LogP contribution < -0.4 is 26.0 Å². The first-order valence-corrected chi connectivity index (χ1v) is 13.6. The third-order valence-electron chi connectivity index (χ3n) is 7.49. The minimum absolute atomic E-state index is 0.0523. The molecule has 0 saturated heterocycles. The van der Waals surface area contributed by atoms with Gasteiger partial charge >= 0.3 is 5.69 Å². The van der Waals surface area contributed by atoms with Crippen LogP contribution in [0.5, 0.6) is 11.5 Å². The molecule has 1 fully saturated rings. The molecule has 8 nitrogen and oxygen atoms in total. The van der Waals surface area contributed by atoms with Crippen molar-refractivity contribution in [2.24, 2.45) is 0 Å². The largest absolute Gasteiger partial charge is 0.454 e. The van der Waals surface area contributed by atoms with Gasteiger partial charge in [0.2, 0.25) is 6.79 Å². The first-order chi connectivity index (χ1) is 19.0. The van der Waals surface area contributed by atoms with Crippen molar-refractivity contribution in [3.05, 3.63) is 103 Å². The van der Waals surface area contributed by atoms with Crippen molar-refractivity contribution in [2.45, 2.75) is 51.2 Å². The highest BCUT2D eigenvalue weighted by atomic mass is 35.5. The van der Waals surface area contributed by atoms with Crippen LogP contribution in [0.4, 0.5) is 0 Å². The molecule has 1 N–H and O–H groups in total. The van der Waals surface area contributed by atoms with E-state index in [4.69, 9.17) is 21.1 Å². The molecular formula is C30H28ClN3O5. The molecule has 1 amide bonds. The summed E-state index contributed by atoms with van der Waals surface area (Å²) < 4.78 is 13.6. The van der Waals surface area contributed by atoms with E-state index in [2.05, 4.69) is 5.32 Å². The summed E-state index contributed by atoms with van der Waals surface area (Å²) in [5.74, 6) is 0.996. The SMILES string of the molecule is O=C(NC1CCCCC1)c1ccc2c(=O)n(Cc3ccc4c(c3)OCO4)c(=O)n(Cc3ccccc3Cl)c2c1. The Morgan fingerprint density at radius 1 is 0.897 bits per heavy atom. The zero-order chi connectivity index (χ0) is 26.9. The quantitative estimate of drug-likeness (QED) is 0.379. The Hall–Kier alpha value is -4.04. The molecule has 3 aromatic carbocycles. The topological polar surface area (TPSA) is 91.6 Å². The minimum atomic E-state index is -0.491. The summed E-state index contributed by atoms with van der Waals surface area (Å²) in [5, 5.41) is 3.97. The molecule has 1 aliphatic heterocycles. The molecular weight excluding hydrogens is 518 g/mol. The normalized spacial score (nSPS) is 15.0. The highest BCUT2D eigenvalue weighted by Gasteiger charge is 2.21. The van der Waals surface area contributed by atoms with Gasteiger partial charge in [-0.2, -0.15) is 0 Å². The van der Waals surface area contributed by atoms with Crippen LogP contribution in [0.2, 0.25) is 5.02 Å². The molecule has 39 heavy (non-hydrogen) atoms. The standard InChI is InChI=1S/C30H28ClN3O5/c31-24-9-5-4-6-21(24)17-33-25-15-20(28(35)32-22-7-2-1-3-8-22)11-12-23(25)29(36)34(30(33)37)16-19-10-13-26-27(14-19)39-18-38-26/h4-6,9-15,22H,1-3,7-8,16-18H2,(H,32,35).